The van der Waals surface area contributed by atoms with Gasteiger partial charge < -0.3 is 49.1 Å². The highest BCUT2D eigenvalue weighted by Crippen LogP contribution is 2.13. The molecule has 0 fully saturated rings. The van der Waals surface area contributed by atoms with Crippen molar-refractivity contribution in [1.29, 1.82) is 0 Å². The number of nitrogens with two attached hydrogens (primary N) is 4. The third-order valence-corrected chi connectivity index (χ3v) is 5.67. The maximum atomic E-state index is 13.4. The van der Waals surface area contributed by atoms with E-state index in [4.69, 9.17) is 22.9 Å². The lowest BCUT2D eigenvalue weighted by Crippen LogP contribution is -2.58. The van der Waals surface area contributed by atoms with Gasteiger partial charge in [0.15, 0.2) is 5.96 Å². The number of nitrogens with one attached hydrogen (secondary N) is 3. The van der Waals surface area contributed by atoms with Crippen molar-refractivity contribution >= 4 is 35.6 Å². The van der Waals surface area contributed by atoms with Gasteiger partial charge >= 0.3 is 5.97 Å². The summed E-state index contributed by atoms with van der Waals surface area (Å²) in [4.78, 5) is 65.8. The molecule has 4 atom stereocenters. The number of phenolic OH excluding ortho intramolecular Hbond substituents is 1. The van der Waals surface area contributed by atoms with Crippen LogP contribution in [-0.2, 0) is 30.4 Å². The Labute approximate surface area is 232 Å². The number of nitrogens with zero attached hydrogens (tertiary/aromatic N) is 1. The molecule has 15 nitrogen and oxygen atoms in total. The number of benzene rings is 1. The van der Waals surface area contributed by atoms with Crippen LogP contribution in [0.1, 0.15) is 45.1 Å². The van der Waals surface area contributed by atoms with Crippen molar-refractivity contribution in [3.05, 3.63) is 29.8 Å². The summed E-state index contributed by atoms with van der Waals surface area (Å²) in [7, 11) is 0. The molecule has 15 heteroatoms. The lowest BCUT2D eigenvalue weighted by molar-refractivity contribution is -0.143. The van der Waals surface area contributed by atoms with Crippen LogP contribution in [0.4, 0.5) is 0 Å². The van der Waals surface area contributed by atoms with Gasteiger partial charge in [-0.2, -0.15) is 0 Å². The topological polar surface area (TPSA) is 278 Å². The first-order chi connectivity index (χ1) is 18.7. The summed E-state index contributed by atoms with van der Waals surface area (Å²) in [6, 6.07) is 1.00. The van der Waals surface area contributed by atoms with E-state index >= 15 is 0 Å². The molecular weight excluding hydrogens is 524 g/mol. The quantitative estimate of drug-likeness (QED) is 0.0558. The van der Waals surface area contributed by atoms with Gasteiger partial charge in [0.05, 0.1) is 12.5 Å². The highest BCUT2D eigenvalue weighted by molar-refractivity contribution is 5.95. The number of carbonyl (C=O) groups excluding carboxylic acids is 4. The molecule has 1 aromatic rings. The maximum Gasteiger partial charge on any atom is 0.326 e. The zero-order chi connectivity index (χ0) is 30.4. The first kappa shape index (κ1) is 33.6. The summed E-state index contributed by atoms with van der Waals surface area (Å²) in [6.45, 7) is 3.90. The molecule has 0 aromatic heterocycles. The smallest absolute Gasteiger partial charge is 0.326 e. The number of primary amides is 1. The van der Waals surface area contributed by atoms with Crippen molar-refractivity contribution in [3.8, 4) is 5.75 Å². The first-order valence-electron chi connectivity index (χ1n) is 12.7. The molecular formula is C25H40N8O7. The van der Waals surface area contributed by atoms with Crippen LogP contribution in [0, 0.1) is 5.92 Å². The minimum absolute atomic E-state index is 0.00593. The number of carbonyl (C=O) groups is 5. The van der Waals surface area contributed by atoms with E-state index in [0.29, 0.717) is 12.0 Å². The Balaban J connectivity index is 3.20. The van der Waals surface area contributed by atoms with Crippen molar-refractivity contribution in [2.75, 3.05) is 6.54 Å². The van der Waals surface area contributed by atoms with Gasteiger partial charge in [-0.1, -0.05) is 26.0 Å². The van der Waals surface area contributed by atoms with Crippen LogP contribution in [-0.4, -0.2) is 76.5 Å². The van der Waals surface area contributed by atoms with Crippen molar-refractivity contribution in [1.82, 2.24) is 16.0 Å². The van der Waals surface area contributed by atoms with E-state index in [0.717, 1.165) is 0 Å². The van der Waals surface area contributed by atoms with Crippen molar-refractivity contribution in [3.63, 3.8) is 0 Å². The molecule has 0 aliphatic heterocycles. The number of carboxylic acid groups (broad SMARTS) is 1. The van der Waals surface area contributed by atoms with E-state index < -0.39 is 60.2 Å². The minimum atomic E-state index is -1.62. The van der Waals surface area contributed by atoms with Crippen LogP contribution in [0.25, 0.3) is 0 Å². The Kier molecular flexibility index (Phi) is 13.9. The summed E-state index contributed by atoms with van der Waals surface area (Å²) < 4.78 is 0. The van der Waals surface area contributed by atoms with Gasteiger partial charge in [0, 0.05) is 13.0 Å². The van der Waals surface area contributed by atoms with Crippen LogP contribution >= 0.6 is 0 Å². The molecule has 4 unspecified atom stereocenters. The van der Waals surface area contributed by atoms with Crippen LogP contribution in [0.15, 0.2) is 29.3 Å². The summed E-state index contributed by atoms with van der Waals surface area (Å²) in [5.74, 6) is -4.70. The monoisotopic (exact) mass is 564 g/mol. The van der Waals surface area contributed by atoms with Crippen LogP contribution in [0.3, 0.4) is 0 Å². The maximum absolute atomic E-state index is 13.4. The summed E-state index contributed by atoms with van der Waals surface area (Å²) >= 11 is 0. The Morgan fingerprint density at radius 3 is 1.95 bits per heavy atom. The number of guanidine groups is 1. The van der Waals surface area contributed by atoms with E-state index in [2.05, 4.69) is 20.9 Å². The second kappa shape index (κ2) is 16.5. The fraction of sp³-hybridized carbons (Fsp3) is 0.520. The van der Waals surface area contributed by atoms with Crippen molar-refractivity contribution in [2.45, 2.75) is 70.1 Å². The van der Waals surface area contributed by atoms with E-state index in [9.17, 15) is 34.2 Å². The molecule has 0 bridgehead atoms. The van der Waals surface area contributed by atoms with Gasteiger partial charge in [-0.3, -0.25) is 24.2 Å². The molecule has 0 aliphatic rings. The SMILES string of the molecule is CC(C)CC(N)C(=O)NC(Cc1ccc(O)cc1)C(=O)NC(CCCN=C(N)N)C(=O)NC(CC(N)=O)C(=O)O. The fourth-order valence-electron chi connectivity index (χ4n) is 3.69. The number of aromatic hydroxyl groups is 1. The minimum Gasteiger partial charge on any atom is -0.508 e. The van der Waals surface area contributed by atoms with E-state index in [-0.39, 0.29) is 43.4 Å². The normalized spacial score (nSPS) is 13.8. The van der Waals surface area contributed by atoms with Crippen molar-refractivity contribution in [2.24, 2.45) is 33.8 Å². The Bertz CT molecular complexity index is 1060. The van der Waals surface area contributed by atoms with E-state index in [1.807, 2.05) is 13.8 Å². The largest absolute Gasteiger partial charge is 0.508 e. The number of aliphatic carboxylic acids is 1. The fourth-order valence-corrected chi connectivity index (χ4v) is 3.69. The van der Waals surface area contributed by atoms with Gasteiger partial charge in [0.25, 0.3) is 0 Å². The average molecular weight is 565 g/mol. The predicted molar refractivity (Wildman–Crippen MR) is 146 cm³/mol. The Hall–Kier alpha value is -4.40. The predicted octanol–water partition coefficient (Wildman–Crippen LogP) is -2.22. The van der Waals surface area contributed by atoms with Crippen molar-refractivity contribution < 1.29 is 34.2 Å². The summed E-state index contributed by atoms with van der Waals surface area (Å²) in [6.07, 6.45) is -0.0925. The molecule has 0 saturated heterocycles. The number of rotatable bonds is 17. The third-order valence-electron chi connectivity index (χ3n) is 5.67. The first-order valence-corrected chi connectivity index (χ1v) is 12.7. The van der Waals surface area contributed by atoms with Crippen LogP contribution in [0.5, 0.6) is 5.75 Å². The molecule has 0 spiro atoms. The second-order valence-corrected chi connectivity index (χ2v) is 9.75. The molecule has 0 heterocycles. The summed E-state index contributed by atoms with van der Waals surface area (Å²) in [5.41, 5.74) is 22.3. The highest BCUT2D eigenvalue weighted by Gasteiger charge is 2.31. The van der Waals surface area contributed by atoms with Gasteiger partial charge in [-0.05, 0) is 42.9 Å². The molecule has 40 heavy (non-hydrogen) atoms. The number of carboxylic acids is 1. The zero-order valence-corrected chi connectivity index (χ0v) is 22.6. The van der Waals surface area contributed by atoms with Crippen LogP contribution in [0.2, 0.25) is 0 Å². The average Bonchev–Trinajstić information content (AvgIpc) is 2.85. The lowest BCUT2D eigenvalue weighted by atomic mass is 10.0. The molecule has 0 saturated carbocycles. The number of hydrogen-bond acceptors (Lipinski definition) is 8. The number of hydrogen-bond donors (Lipinski definition) is 9. The third kappa shape index (κ3) is 12.9. The molecule has 222 valence electrons. The van der Waals surface area contributed by atoms with E-state index in [1.165, 1.54) is 12.1 Å². The number of amides is 4. The molecule has 0 radical (unpaired) electrons. The van der Waals surface area contributed by atoms with Gasteiger partial charge in [-0.25, -0.2) is 4.79 Å². The standard InChI is InChI=1S/C25H40N8O7/c1-13(2)10-16(26)21(36)32-18(11-14-5-7-15(34)8-6-14)23(38)31-17(4-3-9-30-25(28)29)22(37)33-19(24(39)40)12-20(27)35/h5-8,13,16-19,34H,3-4,9-12,26H2,1-2H3,(H2,27,35)(H,31,38)(H,32,36)(H,33,37)(H,39,40)(H4,28,29,30). The van der Waals surface area contributed by atoms with Gasteiger partial charge in [0.1, 0.15) is 23.9 Å². The highest BCUT2D eigenvalue weighted by atomic mass is 16.4. The van der Waals surface area contributed by atoms with Gasteiger partial charge in [-0.15, -0.1) is 0 Å². The van der Waals surface area contributed by atoms with Gasteiger partial charge in [0.2, 0.25) is 23.6 Å². The number of aliphatic imine (C=N–C) groups is 1. The molecule has 1 aromatic carbocycles. The Morgan fingerprint density at radius 2 is 1.43 bits per heavy atom. The van der Waals surface area contributed by atoms with E-state index in [1.54, 1.807) is 12.1 Å². The van der Waals surface area contributed by atoms with Crippen LogP contribution < -0.4 is 38.9 Å². The molecule has 4 amide bonds. The second-order valence-electron chi connectivity index (χ2n) is 9.75. The molecule has 1 rings (SSSR count). The molecule has 13 N–H and O–H groups in total. The lowest BCUT2D eigenvalue weighted by Gasteiger charge is -2.25. The summed E-state index contributed by atoms with van der Waals surface area (Å²) in [5, 5.41) is 26.3. The zero-order valence-electron chi connectivity index (χ0n) is 22.6. The number of phenols is 1. The molecule has 0 aliphatic carbocycles. The Morgan fingerprint density at radius 1 is 0.875 bits per heavy atom.